The van der Waals surface area contributed by atoms with Gasteiger partial charge < -0.3 is 5.32 Å². The maximum atomic E-state index is 4.79. The van der Waals surface area contributed by atoms with Crippen LogP contribution in [0.1, 0.15) is 5.01 Å². The van der Waals surface area contributed by atoms with Gasteiger partial charge in [-0.3, -0.25) is 4.98 Å². The lowest BCUT2D eigenvalue weighted by Crippen LogP contribution is -1.99. The topological polar surface area (TPSA) is 63.6 Å². The smallest absolute Gasteiger partial charge is 0.162 e. The number of rotatable bonds is 3. The van der Waals surface area contributed by atoms with Gasteiger partial charge in [0.2, 0.25) is 0 Å². The zero-order valence-corrected chi connectivity index (χ0v) is 15.4. The predicted octanol–water partition coefficient (Wildman–Crippen LogP) is 5.35. The number of aryl methyl sites for hydroxylation is 1. The highest BCUT2D eigenvalue weighted by molar-refractivity contribution is 7.18. The van der Waals surface area contributed by atoms with Gasteiger partial charge in [-0.2, -0.15) is 0 Å². The maximum absolute atomic E-state index is 4.79. The molecule has 5 rings (SSSR count). The minimum atomic E-state index is 0.674. The first kappa shape index (κ1) is 15.8. The molecule has 0 spiro atoms. The number of thiazole rings is 1. The van der Waals surface area contributed by atoms with Gasteiger partial charge in [0.15, 0.2) is 5.82 Å². The molecule has 0 bridgehead atoms. The number of fused-ring (bicyclic) bond motifs is 2. The van der Waals surface area contributed by atoms with Gasteiger partial charge in [-0.1, -0.05) is 12.1 Å². The summed E-state index contributed by atoms with van der Waals surface area (Å²) in [4.78, 5) is 18.1. The number of nitrogens with one attached hydrogen (secondary N) is 1. The summed E-state index contributed by atoms with van der Waals surface area (Å²) in [5.41, 5.74) is 3.84. The van der Waals surface area contributed by atoms with Gasteiger partial charge in [0.1, 0.15) is 5.82 Å². The molecule has 27 heavy (non-hydrogen) atoms. The number of para-hydroxylation sites is 1. The van der Waals surface area contributed by atoms with E-state index in [1.807, 2.05) is 55.5 Å². The van der Waals surface area contributed by atoms with E-state index in [2.05, 4.69) is 21.4 Å². The maximum Gasteiger partial charge on any atom is 0.162 e. The minimum absolute atomic E-state index is 0.674. The first-order valence-electron chi connectivity index (χ1n) is 8.58. The van der Waals surface area contributed by atoms with Gasteiger partial charge >= 0.3 is 0 Å². The van der Waals surface area contributed by atoms with Gasteiger partial charge in [-0.05, 0) is 49.4 Å². The van der Waals surface area contributed by atoms with Crippen LogP contribution in [-0.4, -0.2) is 19.9 Å². The van der Waals surface area contributed by atoms with Gasteiger partial charge in [-0.15, -0.1) is 11.3 Å². The number of anilines is 2. The number of nitrogens with zero attached hydrogens (tertiary/aromatic N) is 4. The molecule has 0 atom stereocenters. The summed E-state index contributed by atoms with van der Waals surface area (Å²) in [6, 6.07) is 18.0. The number of hydrogen-bond donors (Lipinski definition) is 1. The van der Waals surface area contributed by atoms with Crippen LogP contribution in [-0.2, 0) is 0 Å². The SMILES string of the molecule is Cc1nc2ccc(Nc3nc(-c4ccncc4)nc4ccccc34)cc2s1. The van der Waals surface area contributed by atoms with Crippen LogP contribution >= 0.6 is 11.3 Å². The lowest BCUT2D eigenvalue weighted by molar-refractivity contribution is 1.21. The van der Waals surface area contributed by atoms with Crippen molar-refractivity contribution in [3.8, 4) is 11.4 Å². The van der Waals surface area contributed by atoms with Crippen LogP contribution in [0.4, 0.5) is 11.5 Å². The molecule has 0 aliphatic rings. The van der Waals surface area contributed by atoms with Crippen LogP contribution in [0, 0.1) is 6.92 Å². The third kappa shape index (κ3) is 3.00. The van der Waals surface area contributed by atoms with E-state index in [-0.39, 0.29) is 0 Å². The lowest BCUT2D eigenvalue weighted by atomic mass is 10.2. The Morgan fingerprint density at radius 1 is 0.852 bits per heavy atom. The van der Waals surface area contributed by atoms with E-state index in [4.69, 9.17) is 9.97 Å². The molecule has 1 N–H and O–H groups in total. The molecule has 0 aliphatic heterocycles. The molecule has 0 unspecified atom stereocenters. The summed E-state index contributed by atoms with van der Waals surface area (Å²) in [5.74, 6) is 1.46. The Labute approximate surface area is 159 Å². The molecule has 0 amide bonds. The average Bonchev–Trinajstić information content (AvgIpc) is 3.08. The number of pyridine rings is 1. The van der Waals surface area contributed by atoms with Crippen molar-refractivity contribution in [2.24, 2.45) is 0 Å². The van der Waals surface area contributed by atoms with Crippen LogP contribution in [0.15, 0.2) is 67.0 Å². The van der Waals surface area contributed by atoms with E-state index in [0.717, 1.165) is 43.2 Å². The van der Waals surface area contributed by atoms with E-state index >= 15 is 0 Å². The molecule has 6 heteroatoms. The fourth-order valence-electron chi connectivity index (χ4n) is 3.06. The monoisotopic (exact) mass is 369 g/mol. The van der Waals surface area contributed by atoms with Crippen molar-refractivity contribution in [3.05, 3.63) is 72.0 Å². The van der Waals surface area contributed by atoms with Gasteiger partial charge in [0, 0.05) is 29.0 Å². The van der Waals surface area contributed by atoms with Crippen LogP contribution in [0.2, 0.25) is 0 Å². The van der Waals surface area contributed by atoms with Crippen LogP contribution in [0.3, 0.4) is 0 Å². The summed E-state index contributed by atoms with van der Waals surface area (Å²) in [6.45, 7) is 2.02. The molecule has 0 saturated heterocycles. The molecule has 130 valence electrons. The van der Waals surface area contributed by atoms with Crippen molar-refractivity contribution in [2.45, 2.75) is 6.92 Å². The Hall–Kier alpha value is -3.38. The van der Waals surface area contributed by atoms with E-state index in [1.165, 1.54) is 0 Å². The second kappa shape index (κ2) is 6.41. The van der Waals surface area contributed by atoms with Crippen molar-refractivity contribution in [2.75, 3.05) is 5.32 Å². The fraction of sp³-hybridized carbons (Fsp3) is 0.0476. The Kier molecular flexibility index (Phi) is 3.76. The highest BCUT2D eigenvalue weighted by Gasteiger charge is 2.10. The molecular formula is C21H15N5S. The summed E-state index contributed by atoms with van der Waals surface area (Å²) in [6.07, 6.45) is 3.50. The summed E-state index contributed by atoms with van der Waals surface area (Å²) >= 11 is 1.69. The van der Waals surface area contributed by atoms with E-state index in [9.17, 15) is 0 Å². The highest BCUT2D eigenvalue weighted by Crippen LogP contribution is 2.30. The van der Waals surface area contributed by atoms with Crippen molar-refractivity contribution in [1.29, 1.82) is 0 Å². The third-order valence-electron chi connectivity index (χ3n) is 4.30. The molecule has 3 heterocycles. The fourth-order valence-corrected chi connectivity index (χ4v) is 3.92. The number of hydrogen-bond acceptors (Lipinski definition) is 6. The summed E-state index contributed by atoms with van der Waals surface area (Å²) in [5, 5.41) is 5.52. The molecule has 5 aromatic rings. The average molecular weight is 369 g/mol. The Morgan fingerprint density at radius 2 is 1.70 bits per heavy atom. The van der Waals surface area contributed by atoms with Crippen LogP contribution < -0.4 is 5.32 Å². The van der Waals surface area contributed by atoms with Crippen molar-refractivity contribution >= 4 is 44.0 Å². The van der Waals surface area contributed by atoms with Crippen molar-refractivity contribution < 1.29 is 0 Å². The molecular weight excluding hydrogens is 354 g/mol. The zero-order chi connectivity index (χ0) is 18.2. The lowest BCUT2D eigenvalue weighted by Gasteiger charge is -2.11. The second-order valence-electron chi connectivity index (χ2n) is 6.19. The first-order valence-corrected chi connectivity index (χ1v) is 9.39. The van der Waals surface area contributed by atoms with Gasteiger partial charge in [0.05, 0.1) is 20.7 Å². The molecule has 2 aromatic carbocycles. The third-order valence-corrected chi connectivity index (χ3v) is 5.23. The van der Waals surface area contributed by atoms with E-state index in [1.54, 1.807) is 23.7 Å². The summed E-state index contributed by atoms with van der Waals surface area (Å²) < 4.78 is 1.16. The molecule has 5 nitrogen and oxygen atoms in total. The Morgan fingerprint density at radius 3 is 2.59 bits per heavy atom. The first-order chi connectivity index (χ1) is 13.3. The molecule has 0 saturated carbocycles. The van der Waals surface area contributed by atoms with Gasteiger partial charge in [0.25, 0.3) is 0 Å². The highest BCUT2D eigenvalue weighted by atomic mass is 32.1. The van der Waals surface area contributed by atoms with Gasteiger partial charge in [-0.25, -0.2) is 15.0 Å². The standard InChI is InChI=1S/C21H15N5S/c1-13-23-18-7-6-15(12-19(18)27-13)24-21-16-4-2-3-5-17(16)25-20(26-21)14-8-10-22-11-9-14/h2-12H,1H3,(H,24,25,26). The number of benzene rings is 2. The number of aromatic nitrogens is 4. The van der Waals surface area contributed by atoms with Crippen LogP contribution in [0.25, 0.3) is 32.5 Å². The summed E-state index contributed by atoms with van der Waals surface area (Å²) in [7, 11) is 0. The zero-order valence-electron chi connectivity index (χ0n) is 14.5. The molecule has 0 fully saturated rings. The minimum Gasteiger partial charge on any atom is -0.340 e. The van der Waals surface area contributed by atoms with Crippen molar-refractivity contribution in [1.82, 2.24) is 19.9 Å². The molecule has 0 radical (unpaired) electrons. The van der Waals surface area contributed by atoms with E-state index in [0.29, 0.717) is 5.82 Å². The molecule has 3 aromatic heterocycles. The Bertz CT molecular complexity index is 1260. The molecule has 0 aliphatic carbocycles. The van der Waals surface area contributed by atoms with E-state index < -0.39 is 0 Å². The predicted molar refractivity (Wildman–Crippen MR) is 110 cm³/mol. The van der Waals surface area contributed by atoms with Crippen molar-refractivity contribution in [3.63, 3.8) is 0 Å². The largest absolute Gasteiger partial charge is 0.340 e. The normalized spacial score (nSPS) is 11.1. The Balaban J connectivity index is 1.64. The quantitative estimate of drug-likeness (QED) is 0.464. The second-order valence-corrected chi connectivity index (χ2v) is 7.42. The van der Waals surface area contributed by atoms with Crippen LogP contribution in [0.5, 0.6) is 0 Å².